The number of fused-ring (bicyclic) bond motifs is 2. The van der Waals surface area contributed by atoms with Crippen LogP contribution in [0.2, 0.25) is 0 Å². The number of benzene rings is 2. The molecular formula is C23H18BrN3O2. The number of furan rings is 1. The van der Waals surface area contributed by atoms with Crippen LogP contribution in [-0.4, -0.2) is 20.8 Å². The minimum atomic E-state index is -0.143. The van der Waals surface area contributed by atoms with E-state index in [1.807, 2.05) is 53.7 Å². The molecule has 5 aromatic rings. The summed E-state index contributed by atoms with van der Waals surface area (Å²) in [5.41, 5.74) is 4.29. The minimum Gasteiger partial charge on any atom is -0.444 e. The van der Waals surface area contributed by atoms with Gasteiger partial charge in [-0.25, -0.2) is 0 Å². The van der Waals surface area contributed by atoms with E-state index in [2.05, 4.69) is 38.0 Å². The van der Waals surface area contributed by atoms with Crippen molar-refractivity contribution in [3.63, 3.8) is 0 Å². The van der Waals surface area contributed by atoms with Crippen LogP contribution in [0.4, 0.5) is 0 Å². The van der Waals surface area contributed by atoms with Gasteiger partial charge in [-0.15, -0.1) is 0 Å². The highest BCUT2D eigenvalue weighted by molar-refractivity contribution is 9.10. The largest absolute Gasteiger partial charge is 0.444 e. The Morgan fingerprint density at radius 2 is 1.41 bits per heavy atom. The van der Waals surface area contributed by atoms with Gasteiger partial charge in [0.1, 0.15) is 0 Å². The SMILES string of the molecule is O=C(c1ccc(Br)o1)N(Cc1cccc2[nH]ccc12)Cc1cccc2[nH]ccc12. The Kier molecular flexibility index (Phi) is 4.48. The van der Waals surface area contributed by atoms with Crippen LogP contribution in [-0.2, 0) is 13.1 Å². The van der Waals surface area contributed by atoms with Crippen molar-refractivity contribution >= 4 is 43.6 Å². The molecule has 29 heavy (non-hydrogen) atoms. The van der Waals surface area contributed by atoms with Crippen LogP contribution >= 0.6 is 15.9 Å². The number of hydrogen-bond donors (Lipinski definition) is 2. The molecule has 0 aliphatic carbocycles. The number of nitrogens with one attached hydrogen (secondary N) is 2. The lowest BCUT2D eigenvalue weighted by atomic mass is 10.1. The summed E-state index contributed by atoms with van der Waals surface area (Å²) in [5.74, 6) is 0.176. The summed E-state index contributed by atoms with van der Waals surface area (Å²) in [6.45, 7) is 0.959. The van der Waals surface area contributed by atoms with Gasteiger partial charge in [0, 0.05) is 47.3 Å². The van der Waals surface area contributed by atoms with E-state index in [0.29, 0.717) is 23.5 Å². The summed E-state index contributed by atoms with van der Waals surface area (Å²) in [5, 5.41) is 2.23. The Morgan fingerprint density at radius 1 is 0.828 bits per heavy atom. The van der Waals surface area contributed by atoms with Crippen molar-refractivity contribution in [2.45, 2.75) is 13.1 Å². The maximum Gasteiger partial charge on any atom is 0.290 e. The topological polar surface area (TPSA) is 65.0 Å². The molecule has 0 fully saturated rings. The molecule has 2 N–H and O–H groups in total. The fraction of sp³-hybridized carbons (Fsp3) is 0.0870. The molecular weight excluding hydrogens is 430 g/mol. The summed E-state index contributed by atoms with van der Waals surface area (Å²) in [7, 11) is 0. The second-order valence-electron chi connectivity index (χ2n) is 6.98. The van der Waals surface area contributed by atoms with Crippen molar-refractivity contribution in [3.05, 3.63) is 94.6 Å². The third kappa shape index (κ3) is 3.36. The van der Waals surface area contributed by atoms with Crippen molar-refractivity contribution < 1.29 is 9.21 Å². The number of amides is 1. The monoisotopic (exact) mass is 447 g/mol. The number of hydrogen-bond acceptors (Lipinski definition) is 2. The van der Waals surface area contributed by atoms with Crippen molar-refractivity contribution in [1.82, 2.24) is 14.9 Å². The van der Waals surface area contributed by atoms with Gasteiger partial charge in [0.2, 0.25) is 0 Å². The first-order valence-corrected chi connectivity index (χ1v) is 10.1. The van der Waals surface area contributed by atoms with Crippen LogP contribution in [0.1, 0.15) is 21.7 Å². The van der Waals surface area contributed by atoms with Crippen molar-refractivity contribution in [2.75, 3.05) is 0 Å². The van der Waals surface area contributed by atoms with E-state index in [9.17, 15) is 4.79 Å². The van der Waals surface area contributed by atoms with Gasteiger partial charge in [0.15, 0.2) is 10.4 Å². The fourth-order valence-corrected chi connectivity index (χ4v) is 4.08. The Bertz CT molecular complexity index is 1240. The third-order valence-corrected chi connectivity index (χ3v) is 5.59. The normalized spacial score (nSPS) is 11.3. The number of halogens is 1. The predicted molar refractivity (Wildman–Crippen MR) is 117 cm³/mol. The molecule has 0 saturated carbocycles. The number of aromatic nitrogens is 2. The van der Waals surface area contributed by atoms with Crippen LogP contribution in [0, 0.1) is 0 Å². The van der Waals surface area contributed by atoms with E-state index in [1.54, 1.807) is 12.1 Å². The standard InChI is InChI=1S/C23H18BrN3O2/c24-22-8-7-21(29-22)23(28)27(13-15-3-1-5-19-17(15)9-11-25-19)14-16-4-2-6-20-18(16)10-12-26-20/h1-12,25-26H,13-14H2. The van der Waals surface area contributed by atoms with E-state index >= 15 is 0 Å². The lowest BCUT2D eigenvalue weighted by Crippen LogP contribution is -2.30. The minimum absolute atomic E-state index is 0.143. The summed E-state index contributed by atoms with van der Waals surface area (Å²) < 4.78 is 6.10. The average Bonchev–Trinajstić information content (AvgIpc) is 3.47. The average molecular weight is 448 g/mol. The van der Waals surface area contributed by atoms with Gasteiger partial charge in [-0.1, -0.05) is 24.3 Å². The van der Waals surface area contributed by atoms with Crippen LogP contribution in [0.3, 0.4) is 0 Å². The molecule has 144 valence electrons. The molecule has 0 unspecified atom stereocenters. The predicted octanol–water partition coefficient (Wildman–Crippen LogP) is 5.85. The summed E-state index contributed by atoms with van der Waals surface area (Å²) >= 11 is 3.29. The first kappa shape index (κ1) is 17.8. The third-order valence-electron chi connectivity index (χ3n) is 5.16. The molecule has 6 heteroatoms. The number of nitrogens with zero attached hydrogens (tertiary/aromatic N) is 1. The zero-order valence-corrected chi connectivity index (χ0v) is 17.1. The molecule has 3 heterocycles. The van der Waals surface area contributed by atoms with Gasteiger partial charge < -0.3 is 19.3 Å². The van der Waals surface area contributed by atoms with E-state index in [-0.39, 0.29) is 5.91 Å². The van der Waals surface area contributed by atoms with E-state index in [1.165, 1.54) is 0 Å². The van der Waals surface area contributed by atoms with Crippen molar-refractivity contribution in [3.8, 4) is 0 Å². The molecule has 0 bridgehead atoms. The zero-order valence-electron chi connectivity index (χ0n) is 15.5. The molecule has 0 saturated heterocycles. The second kappa shape index (κ2) is 7.29. The quantitative estimate of drug-likeness (QED) is 0.355. The number of carbonyl (C=O) groups excluding carboxylic acids is 1. The van der Waals surface area contributed by atoms with Gasteiger partial charge >= 0.3 is 0 Å². The van der Waals surface area contributed by atoms with Gasteiger partial charge in [-0.2, -0.15) is 0 Å². The summed E-state index contributed by atoms with van der Waals surface area (Å²) in [6, 6.07) is 19.7. The lowest BCUT2D eigenvalue weighted by Gasteiger charge is -2.23. The Hall–Kier alpha value is -3.25. The molecule has 2 aromatic carbocycles. The summed E-state index contributed by atoms with van der Waals surface area (Å²) in [6.07, 6.45) is 3.84. The Labute approximate surface area is 175 Å². The first-order valence-electron chi connectivity index (χ1n) is 9.33. The highest BCUT2D eigenvalue weighted by Gasteiger charge is 2.21. The number of rotatable bonds is 5. The molecule has 0 atom stereocenters. The molecule has 3 aromatic heterocycles. The van der Waals surface area contributed by atoms with Crippen molar-refractivity contribution in [2.24, 2.45) is 0 Å². The summed E-state index contributed by atoms with van der Waals surface area (Å²) in [4.78, 5) is 21.6. The van der Waals surface area contributed by atoms with Crippen LogP contribution in [0.5, 0.6) is 0 Å². The first-order chi connectivity index (χ1) is 14.2. The number of H-pyrrole nitrogens is 2. The highest BCUT2D eigenvalue weighted by atomic mass is 79.9. The maximum absolute atomic E-state index is 13.3. The van der Waals surface area contributed by atoms with Crippen LogP contribution in [0.15, 0.2) is 82.1 Å². The molecule has 0 spiro atoms. The lowest BCUT2D eigenvalue weighted by molar-refractivity contribution is 0.0697. The van der Waals surface area contributed by atoms with Crippen LogP contribution < -0.4 is 0 Å². The highest BCUT2D eigenvalue weighted by Crippen LogP contribution is 2.25. The molecule has 0 aliphatic heterocycles. The Balaban J connectivity index is 1.54. The number of aromatic amines is 2. The Morgan fingerprint density at radius 3 is 1.93 bits per heavy atom. The van der Waals surface area contributed by atoms with Crippen molar-refractivity contribution in [1.29, 1.82) is 0 Å². The zero-order chi connectivity index (χ0) is 19.8. The fourth-order valence-electron chi connectivity index (χ4n) is 3.77. The second-order valence-corrected chi connectivity index (χ2v) is 7.76. The molecule has 0 radical (unpaired) electrons. The van der Waals surface area contributed by atoms with Gasteiger partial charge in [-0.05, 0) is 63.5 Å². The smallest absolute Gasteiger partial charge is 0.290 e. The van der Waals surface area contributed by atoms with Crippen LogP contribution in [0.25, 0.3) is 21.8 Å². The van der Waals surface area contributed by atoms with E-state index < -0.39 is 0 Å². The van der Waals surface area contributed by atoms with Gasteiger partial charge in [0.25, 0.3) is 5.91 Å². The number of carbonyl (C=O) groups is 1. The molecule has 0 aliphatic rings. The maximum atomic E-state index is 13.3. The molecule has 5 rings (SSSR count). The van der Waals surface area contributed by atoms with Gasteiger partial charge in [0.05, 0.1) is 0 Å². The molecule has 5 nitrogen and oxygen atoms in total. The molecule has 1 amide bonds. The van der Waals surface area contributed by atoms with E-state index in [4.69, 9.17) is 4.42 Å². The van der Waals surface area contributed by atoms with E-state index in [0.717, 1.165) is 32.9 Å². The van der Waals surface area contributed by atoms with Gasteiger partial charge in [-0.3, -0.25) is 4.79 Å².